The number of aromatic nitrogens is 3. The van der Waals surface area contributed by atoms with E-state index in [0.29, 0.717) is 12.0 Å². The summed E-state index contributed by atoms with van der Waals surface area (Å²) in [5, 5.41) is 6.34. The van der Waals surface area contributed by atoms with Crippen molar-refractivity contribution in [2.45, 2.75) is 30.8 Å². The first-order chi connectivity index (χ1) is 32.2. The van der Waals surface area contributed by atoms with Crippen LogP contribution in [0.3, 0.4) is 0 Å². The van der Waals surface area contributed by atoms with Gasteiger partial charge in [-0.05, 0) is 83.4 Å². The zero-order chi connectivity index (χ0) is 42.8. The third-order valence-corrected chi connectivity index (χ3v) is 14.8. The van der Waals surface area contributed by atoms with Crippen LogP contribution in [-0.4, -0.2) is 25.8 Å². The van der Waals surface area contributed by atoms with Crippen molar-refractivity contribution >= 4 is 66.3 Å². The smallest absolute Gasteiger partial charge is 0.0586 e. The highest BCUT2D eigenvalue weighted by molar-refractivity contribution is 6.12. The molecular formula is C61H44N4. The first-order valence-corrected chi connectivity index (χ1v) is 23.0. The molecule has 0 fully saturated rings. The van der Waals surface area contributed by atoms with Crippen molar-refractivity contribution in [1.82, 2.24) is 13.7 Å². The molecule has 3 aliphatic rings. The molecule has 3 aromatic heterocycles. The van der Waals surface area contributed by atoms with Crippen molar-refractivity contribution in [1.29, 1.82) is 0 Å². The summed E-state index contributed by atoms with van der Waals surface area (Å²) in [5.74, 6) is 0.623. The Balaban J connectivity index is 0.831. The summed E-state index contributed by atoms with van der Waals surface area (Å²) in [6, 6.07) is 70.0. The van der Waals surface area contributed by atoms with Crippen LogP contribution in [0.5, 0.6) is 0 Å². The monoisotopic (exact) mass is 832 g/mol. The molecule has 14 rings (SSSR count). The van der Waals surface area contributed by atoms with Crippen LogP contribution in [0.2, 0.25) is 0 Å². The number of anilines is 1. The Morgan fingerprint density at radius 2 is 0.877 bits per heavy atom. The van der Waals surface area contributed by atoms with Crippen molar-refractivity contribution in [3.05, 3.63) is 235 Å². The normalized spacial score (nSPS) is 18.6. The van der Waals surface area contributed by atoms with Gasteiger partial charge in [-0.25, -0.2) is 0 Å². The Morgan fingerprint density at radius 1 is 0.385 bits per heavy atom. The molecule has 0 radical (unpaired) electrons. The molecular weight excluding hydrogens is 789 g/mol. The van der Waals surface area contributed by atoms with E-state index in [0.717, 1.165) is 11.4 Å². The molecule has 0 spiro atoms. The Morgan fingerprint density at radius 3 is 1.52 bits per heavy atom. The molecule has 4 unspecified atom stereocenters. The average Bonchev–Trinajstić information content (AvgIpc) is 4.10. The molecule has 2 aliphatic carbocycles. The van der Waals surface area contributed by atoms with Gasteiger partial charge in [0.05, 0.1) is 39.7 Å². The molecule has 11 aromatic rings. The molecule has 1 aliphatic heterocycles. The van der Waals surface area contributed by atoms with Gasteiger partial charge in [-0.1, -0.05) is 165 Å². The van der Waals surface area contributed by atoms with Gasteiger partial charge < -0.3 is 18.6 Å². The molecule has 0 saturated heterocycles. The topological polar surface area (TPSA) is 18.0 Å². The highest BCUT2D eigenvalue weighted by atomic mass is 15.2. The SMILES string of the molecule is CC1c2c(c3ccccc3n2-c2ccc(-c3ccc(-n4c5ccccc5c5ccc(-n6c7ccccc7c7ccccc76)cc54)cc3)cc2)C=CC1N1c2ccccc2C2C=CC=CC21. The Kier molecular flexibility index (Phi) is 7.82. The van der Waals surface area contributed by atoms with E-state index < -0.39 is 0 Å². The van der Waals surface area contributed by atoms with Gasteiger partial charge in [0, 0.05) is 72.8 Å². The maximum atomic E-state index is 2.68. The molecule has 4 atom stereocenters. The largest absolute Gasteiger partial charge is 0.357 e. The van der Waals surface area contributed by atoms with E-state index in [2.05, 4.69) is 250 Å². The van der Waals surface area contributed by atoms with Gasteiger partial charge in [0.2, 0.25) is 0 Å². The van der Waals surface area contributed by atoms with E-state index in [-0.39, 0.29) is 12.0 Å². The van der Waals surface area contributed by atoms with Gasteiger partial charge in [-0.15, -0.1) is 0 Å². The lowest BCUT2D eigenvalue weighted by Crippen LogP contribution is -2.44. The average molecular weight is 833 g/mol. The molecule has 8 aromatic carbocycles. The van der Waals surface area contributed by atoms with Crippen LogP contribution in [0, 0.1) is 0 Å². The molecule has 0 saturated carbocycles. The van der Waals surface area contributed by atoms with E-state index in [1.54, 1.807) is 0 Å². The van der Waals surface area contributed by atoms with E-state index >= 15 is 0 Å². The quantitative estimate of drug-likeness (QED) is 0.169. The highest BCUT2D eigenvalue weighted by Gasteiger charge is 2.43. The first kappa shape index (κ1) is 36.4. The van der Waals surface area contributed by atoms with Crippen molar-refractivity contribution in [3.63, 3.8) is 0 Å². The second-order valence-corrected chi connectivity index (χ2v) is 18.1. The predicted octanol–water partition coefficient (Wildman–Crippen LogP) is 15.1. The Hall–Kier alpha value is -8.08. The number of hydrogen-bond donors (Lipinski definition) is 0. The molecule has 0 bridgehead atoms. The molecule has 65 heavy (non-hydrogen) atoms. The number of benzene rings is 8. The Labute approximate surface area is 377 Å². The molecule has 0 N–H and O–H groups in total. The van der Waals surface area contributed by atoms with Crippen molar-refractivity contribution < 1.29 is 0 Å². The second-order valence-electron chi connectivity index (χ2n) is 18.1. The zero-order valence-electron chi connectivity index (χ0n) is 36.0. The van der Waals surface area contributed by atoms with Crippen molar-refractivity contribution in [2.24, 2.45) is 0 Å². The molecule has 4 heterocycles. The summed E-state index contributed by atoms with van der Waals surface area (Å²) in [4.78, 5) is 2.68. The fourth-order valence-corrected chi connectivity index (χ4v) is 11.9. The summed E-state index contributed by atoms with van der Waals surface area (Å²) in [7, 11) is 0. The summed E-state index contributed by atoms with van der Waals surface area (Å²) in [5.41, 5.74) is 17.4. The first-order valence-electron chi connectivity index (χ1n) is 23.0. The zero-order valence-corrected chi connectivity index (χ0v) is 36.0. The van der Waals surface area contributed by atoms with Crippen molar-refractivity contribution in [2.75, 3.05) is 4.90 Å². The maximum absolute atomic E-state index is 2.68. The number of fused-ring (bicyclic) bond motifs is 12. The van der Waals surface area contributed by atoms with Crippen LogP contribution in [0.25, 0.3) is 88.8 Å². The van der Waals surface area contributed by atoms with Gasteiger partial charge in [-0.3, -0.25) is 0 Å². The number of allylic oxidation sites excluding steroid dienone is 2. The van der Waals surface area contributed by atoms with Gasteiger partial charge in [0.15, 0.2) is 0 Å². The molecule has 308 valence electrons. The highest BCUT2D eigenvalue weighted by Crippen LogP contribution is 2.49. The third kappa shape index (κ3) is 5.25. The minimum atomic E-state index is 0.213. The summed E-state index contributed by atoms with van der Waals surface area (Å²) >= 11 is 0. The van der Waals surface area contributed by atoms with E-state index in [4.69, 9.17) is 0 Å². The molecule has 4 heteroatoms. The van der Waals surface area contributed by atoms with Crippen LogP contribution in [0.1, 0.15) is 35.6 Å². The fourth-order valence-electron chi connectivity index (χ4n) is 11.9. The minimum Gasteiger partial charge on any atom is -0.357 e. The van der Waals surface area contributed by atoms with Crippen LogP contribution in [0.15, 0.2) is 218 Å². The number of hydrogen-bond acceptors (Lipinski definition) is 1. The van der Waals surface area contributed by atoms with E-state index in [9.17, 15) is 0 Å². The van der Waals surface area contributed by atoms with Crippen LogP contribution in [0.4, 0.5) is 5.69 Å². The fraction of sp³-hybridized carbons (Fsp3) is 0.0820. The standard InChI is InChI=1S/C61H44N4/c1-39-53(65-58-24-12-5-16-47(58)48-17-6-13-25-59(48)65)37-36-52-50-19-7-11-23-57(50)64(61(39)52)43-32-28-41(29-33-43)40-26-30-42(31-27-40)62-54-20-8-4-18-49(54)51-35-34-44(38-60(51)62)63-55-21-9-2-14-45(55)46-15-3-10-22-56(46)63/h2-39,47,53,58H,1H3. The maximum Gasteiger partial charge on any atom is 0.0586 e. The summed E-state index contributed by atoms with van der Waals surface area (Å²) in [6.45, 7) is 2.43. The third-order valence-electron chi connectivity index (χ3n) is 14.8. The van der Waals surface area contributed by atoms with E-state index in [1.165, 1.54) is 93.8 Å². The van der Waals surface area contributed by atoms with Gasteiger partial charge in [-0.2, -0.15) is 0 Å². The predicted molar refractivity (Wildman–Crippen MR) is 272 cm³/mol. The van der Waals surface area contributed by atoms with Crippen LogP contribution >= 0.6 is 0 Å². The lowest BCUT2D eigenvalue weighted by Gasteiger charge is -2.40. The number of nitrogens with zero attached hydrogens (tertiary/aromatic N) is 4. The van der Waals surface area contributed by atoms with Crippen molar-refractivity contribution in [3.8, 4) is 28.2 Å². The number of rotatable bonds is 5. The summed E-state index contributed by atoms with van der Waals surface area (Å²) < 4.78 is 7.37. The van der Waals surface area contributed by atoms with E-state index in [1.807, 2.05) is 0 Å². The minimum absolute atomic E-state index is 0.213. The molecule has 4 nitrogen and oxygen atoms in total. The second kappa shape index (κ2) is 14.0. The van der Waals surface area contributed by atoms with Crippen LogP contribution in [-0.2, 0) is 0 Å². The lowest BCUT2D eigenvalue weighted by molar-refractivity contribution is 0.538. The lowest BCUT2D eigenvalue weighted by atomic mass is 9.86. The molecule has 0 amide bonds. The van der Waals surface area contributed by atoms with Gasteiger partial charge in [0.25, 0.3) is 0 Å². The van der Waals surface area contributed by atoms with Gasteiger partial charge >= 0.3 is 0 Å². The van der Waals surface area contributed by atoms with Crippen LogP contribution < -0.4 is 4.90 Å². The summed E-state index contributed by atoms with van der Waals surface area (Å²) in [6.07, 6.45) is 14.1. The van der Waals surface area contributed by atoms with Gasteiger partial charge in [0.1, 0.15) is 0 Å². The Bertz CT molecular complexity index is 3760. The number of para-hydroxylation sites is 5.